The lowest BCUT2D eigenvalue weighted by Gasteiger charge is -2.29. The number of hydrogen-bond acceptors (Lipinski definition) is 6. The van der Waals surface area contributed by atoms with Gasteiger partial charge in [-0.1, -0.05) is 18.2 Å². The van der Waals surface area contributed by atoms with Gasteiger partial charge in [-0.2, -0.15) is 0 Å². The van der Waals surface area contributed by atoms with E-state index in [0.717, 1.165) is 28.7 Å². The van der Waals surface area contributed by atoms with E-state index in [4.69, 9.17) is 4.74 Å². The van der Waals surface area contributed by atoms with Crippen LogP contribution in [0.4, 0.5) is 17.1 Å². The Morgan fingerprint density at radius 2 is 1.56 bits per heavy atom. The van der Waals surface area contributed by atoms with Crippen LogP contribution in [0.25, 0.3) is 0 Å². The maximum Gasteiger partial charge on any atom is 0.259 e. The van der Waals surface area contributed by atoms with Crippen LogP contribution < -0.4 is 14.9 Å². The van der Waals surface area contributed by atoms with E-state index in [9.17, 15) is 14.8 Å². The number of para-hydroxylation sites is 1. The number of hydroxylamine groups is 1. The van der Waals surface area contributed by atoms with Crippen molar-refractivity contribution in [2.75, 3.05) is 41.2 Å². The molecule has 0 spiro atoms. The Bertz CT molecular complexity index is 819. The molecule has 0 saturated carbocycles. The fourth-order valence-electron chi connectivity index (χ4n) is 3.47. The zero-order valence-electron chi connectivity index (χ0n) is 14.8. The summed E-state index contributed by atoms with van der Waals surface area (Å²) in [4.78, 5) is 28.6. The van der Waals surface area contributed by atoms with Gasteiger partial charge in [0, 0.05) is 18.8 Å². The minimum absolute atomic E-state index is 0.0601. The summed E-state index contributed by atoms with van der Waals surface area (Å²) in [5.41, 5.74) is 2.03. The Kier molecular flexibility index (Phi) is 4.79. The summed E-state index contributed by atoms with van der Waals surface area (Å²) in [5.74, 6) is -0.746. The lowest BCUT2D eigenvalue weighted by Crippen LogP contribution is -2.40. The second kappa shape index (κ2) is 7.38. The van der Waals surface area contributed by atoms with Crippen LogP contribution in [-0.2, 0) is 14.3 Å². The summed E-state index contributed by atoms with van der Waals surface area (Å²) in [6.07, 6.45) is -0.0601. The van der Waals surface area contributed by atoms with Gasteiger partial charge in [0.15, 0.2) is 0 Å². The third kappa shape index (κ3) is 3.39. The number of ether oxygens (including phenoxy) is 1. The predicted molar refractivity (Wildman–Crippen MR) is 101 cm³/mol. The second-order valence-electron chi connectivity index (χ2n) is 6.58. The number of benzene rings is 2. The highest BCUT2D eigenvalue weighted by Crippen LogP contribution is 2.29. The van der Waals surface area contributed by atoms with Crippen molar-refractivity contribution in [1.82, 2.24) is 0 Å². The molecule has 0 bridgehead atoms. The molecule has 2 aliphatic heterocycles. The van der Waals surface area contributed by atoms with Crippen molar-refractivity contribution in [3.8, 4) is 0 Å². The molecule has 4 rings (SSSR count). The second-order valence-corrected chi connectivity index (χ2v) is 6.58. The lowest BCUT2D eigenvalue weighted by atomic mass is 10.2. The molecule has 2 aromatic rings. The lowest BCUT2D eigenvalue weighted by molar-refractivity contribution is -0.121. The van der Waals surface area contributed by atoms with Gasteiger partial charge in [0.05, 0.1) is 31.0 Å². The van der Waals surface area contributed by atoms with Crippen LogP contribution in [0.5, 0.6) is 0 Å². The summed E-state index contributed by atoms with van der Waals surface area (Å²) in [6, 6.07) is 15.2. The third-order valence-corrected chi connectivity index (χ3v) is 4.92. The van der Waals surface area contributed by atoms with Crippen molar-refractivity contribution in [2.24, 2.45) is 0 Å². The van der Waals surface area contributed by atoms with Gasteiger partial charge in [0.2, 0.25) is 5.91 Å². The van der Waals surface area contributed by atoms with Crippen LogP contribution >= 0.6 is 0 Å². The highest BCUT2D eigenvalue weighted by Gasteiger charge is 2.43. The molecule has 7 nitrogen and oxygen atoms in total. The molecule has 140 valence electrons. The largest absolute Gasteiger partial charge is 0.378 e. The monoisotopic (exact) mass is 367 g/mol. The van der Waals surface area contributed by atoms with Gasteiger partial charge < -0.3 is 9.64 Å². The van der Waals surface area contributed by atoms with Gasteiger partial charge in [-0.05, 0) is 36.4 Å². The van der Waals surface area contributed by atoms with Gasteiger partial charge in [-0.15, -0.1) is 0 Å². The third-order valence-electron chi connectivity index (χ3n) is 4.92. The van der Waals surface area contributed by atoms with E-state index in [1.165, 1.54) is 0 Å². The Labute approximate surface area is 157 Å². The van der Waals surface area contributed by atoms with E-state index in [0.29, 0.717) is 24.6 Å². The average molecular weight is 367 g/mol. The maximum absolute atomic E-state index is 12.8. The first-order valence-corrected chi connectivity index (χ1v) is 8.98. The average Bonchev–Trinajstić information content (AvgIpc) is 3.03. The van der Waals surface area contributed by atoms with Crippen molar-refractivity contribution in [1.29, 1.82) is 0 Å². The molecule has 2 heterocycles. The molecule has 1 unspecified atom stereocenters. The fourth-order valence-corrected chi connectivity index (χ4v) is 3.47. The molecule has 1 N–H and O–H groups in total. The van der Waals surface area contributed by atoms with E-state index in [-0.39, 0.29) is 12.3 Å². The van der Waals surface area contributed by atoms with Gasteiger partial charge in [-0.25, -0.2) is 9.96 Å². The molecule has 2 saturated heterocycles. The molecule has 2 fully saturated rings. The Morgan fingerprint density at radius 3 is 2.22 bits per heavy atom. The molecule has 0 aromatic heterocycles. The van der Waals surface area contributed by atoms with E-state index in [2.05, 4.69) is 4.90 Å². The normalized spacial score (nSPS) is 20.3. The highest BCUT2D eigenvalue weighted by atomic mass is 16.5. The summed E-state index contributed by atoms with van der Waals surface area (Å²) >= 11 is 0. The molecular weight excluding hydrogens is 346 g/mol. The van der Waals surface area contributed by atoms with Crippen molar-refractivity contribution >= 4 is 28.9 Å². The molecule has 2 aromatic carbocycles. The number of nitrogens with zero attached hydrogens (tertiary/aromatic N) is 3. The quantitative estimate of drug-likeness (QED) is 0.659. The van der Waals surface area contributed by atoms with Crippen LogP contribution in [0.15, 0.2) is 54.6 Å². The number of hydrogen-bond donors (Lipinski definition) is 1. The summed E-state index contributed by atoms with van der Waals surface area (Å²) in [5, 5.41) is 11.3. The molecule has 0 radical (unpaired) electrons. The number of carbonyl (C=O) groups is 2. The number of rotatable bonds is 4. The van der Waals surface area contributed by atoms with E-state index in [1.807, 2.05) is 18.2 Å². The first-order chi connectivity index (χ1) is 13.1. The number of amides is 2. The first kappa shape index (κ1) is 17.5. The molecule has 2 aliphatic rings. The standard InChI is InChI=1S/C20H21N3O4/c24-19-14-18(23(26)17-4-2-1-3-5-17)20(25)22(19)16-8-6-15(7-9-16)21-10-12-27-13-11-21/h1-9,18,26H,10-14H2. The van der Waals surface area contributed by atoms with Crippen molar-refractivity contribution < 1.29 is 19.5 Å². The van der Waals surface area contributed by atoms with Gasteiger partial charge in [0.1, 0.15) is 6.04 Å². The summed E-state index contributed by atoms with van der Waals surface area (Å²) in [6.45, 7) is 3.02. The van der Waals surface area contributed by atoms with Crippen molar-refractivity contribution in [3.05, 3.63) is 54.6 Å². The minimum Gasteiger partial charge on any atom is -0.378 e. The SMILES string of the molecule is O=C1CC(N(O)c2ccccc2)C(=O)N1c1ccc(N2CCOCC2)cc1. The number of anilines is 3. The minimum atomic E-state index is -0.918. The molecule has 27 heavy (non-hydrogen) atoms. The highest BCUT2D eigenvalue weighted by molar-refractivity contribution is 6.23. The van der Waals surface area contributed by atoms with Crippen molar-refractivity contribution in [2.45, 2.75) is 12.5 Å². The summed E-state index contributed by atoms with van der Waals surface area (Å²) < 4.78 is 5.36. The zero-order chi connectivity index (χ0) is 18.8. The molecular formula is C20H21N3O4. The van der Waals surface area contributed by atoms with Crippen LogP contribution in [0.2, 0.25) is 0 Å². The Hall–Kier alpha value is -2.90. The fraction of sp³-hybridized carbons (Fsp3) is 0.300. The summed E-state index contributed by atoms with van der Waals surface area (Å²) in [7, 11) is 0. The maximum atomic E-state index is 12.8. The Morgan fingerprint density at radius 1 is 0.926 bits per heavy atom. The van der Waals surface area contributed by atoms with Gasteiger partial charge in [-0.3, -0.25) is 14.8 Å². The molecule has 0 aliphatic carbocycles. The Balaban J connectivity index is 1.52. The van der Waals surface area contributed by atoms with Gasteiger partial charge >= 0.3 is 0 Å². The van der Waals surface area contributed by atoms with Crippen LogP contribution in [0.3, 0.4) is 0 Å². The first-order valence-electron chi connectivity index (χ1n) is 8.98. The predicted octanol–water partition coefficient (Wildman–Crippen LogP) is 2.05. The molecule has 7 heteroatoms. The molecule has 2 amide bonds. The van der Waals surface area contributed by atoms with E-state index >= 15 is 0 Å². The number of carbonyl (C=O) groups excluding carboxylic acids is 2. The topological polar surface area (TPSA) is 73.3 Å². The van der Waals surface area contributed by atoms with Crippen LogP contribution in [0.1, 0.15) is 6.42 Å². The van der Waals surface area contributed by atoms with Crippen LogP contribution in [0, 0.1) is 0 Å². The molecule has 1 atom stereocenters. The van der Waals surface area contributed by atoms with Gasteiger partial charge in [0.25, 0.3) is 5.91 Å². The zero-order valence-corrected chi connectivity index (χ0v) is 14.8. The smallest absolute Gasteiger partial charge is 0.259 e. The number of morpholine rings is 1. The van der Waals surface area contributed by atoms with E-state index in [1.54, 1.807) is 36.4 Å². The van der Waals surface area contributed by atoms with Crippen LogP contribution in [-0.4, -0.2) is 49.4 Å². The number of imide groups is 1. The van der Waals surface area contributed by atoms with E-state index < -0.39 is 11.9 Å². The van der Waals surface area contributed by atoms with Crippen molar-refractivity contribution in [3.63, 3.8) is 0 Å².